The van der Waals surface area contributed by atoms with Crippen LogP contribution in [0.15, 0.2) is 18.2 Å². The van der Waals surface area contributed by atoms with Gasteiger partial charge in [-0.2, -0.15) is 0 Å². The number of rotatable bonds is 5. The minimum Gasteiger partial charge on any atom is -0.311 e. The highest BCUT2D eigenvalue weighted by molar-refractivity contribution is 6.31. The standard InChI is InChI=1S/C16H25ClN2/c1-13-6-7-15(10-16(13)17)12-18-11-14(2)19-8-4-3-5-9-19/h6-7,10,14,18H,3-5,8-9,11-12H2,1-2H3. The van der Waals surface area contributed by atoms with E-state index in [4.69, 9.17) is 11.6 Å². The third kappa shape index (κ3) is 4.48. The van der Waals surface area contributed by atoms with Crippen LogP contribution in [0.3, 0.4) is 0 Å². The van der Waals surface area contributed by atoms with Crippen molar-refractivity contribution in [3.05, 3.63) is 34.3 Å². The van der Waals surface area contributed by atoms with Crippen molar-refractivity contribution in [1.82, 2.24) is 10.2 Å². The molecule has 1 N–H and O–H groups in total. The molecule has 0 aromatic heterocycles. The maximum atomic E-state index is 6.14. The van der Waals surface area contributed by atoms with E-state index >= 15 is 0 Å². The number of likely N-dealkylation sites (tertiary alicyclic amines) is 1. The van der Waals surface area contributed by atoms with Crippen LogP contribution >= 0.6 is 11.6 Å². The highest BCUT2D eigenvalue weighted by atomic mass is 35.5. The van der Waals surface area contributed by atoms with Gasteiger partial charge >= 0.3 is 0 Å². The Balaban J connectivity index is 1.74. The Bertz CT molecular complexity index is 400. The summed E-state index contributed by atoms with van der Waals surface area (Å²) in [6.07, 6.45) is 4.12. The van der Waals surface area contributed by atoms with Crippen molar-refractivity contribution >= 4 is 11.6 Å². The molecule has 19 heavy (non-hydrogen) atoms. The van der Waals surface area contributed by atoms with E-state index in [9.17, 15) is 0 Å². The van der Waals surface area contributed by atoms with Gasteiger partial charge in [0.25, 0.3) is 0 Å². The minimum absolute atomic E-state index is 0.626. The summed E-state index contributed by atoms with van der Waals surface area (Å²) in [7, 11) is 0. The fourth-order valence-corrected chi connectivity index (χ4v) is 2.86. The number of aryl methyl sites for hydroxylation is 1. The first-order valence-electron chi connectivity index (χ1n) is 7.36. The SMILES string of the molecule is Cc1ccc(CNCC(C)N2CCCCC2)cc1Cl. The van der Waals surface area contributed by atoms with Gasteiger partial charge in [-0.1, -0.05) is 30.2 Å². The molecule has 0 bridgehead atoms. The van der Waals surface area contributed by atoms with Gasteiger partial charge in [0.05, 0.1) is 0 Å². The van der Waals surface area contributed by atoms with Crippen LogP contribution in [0.2, 0.25) is 5.02 Å². The Hall–Kier alpha value is -0.570. The van der Waals surface area contributed by atoms with E-state index in [1.54, 1.807) is 0 Å². The molecule has 1 unspecified atom stereocenters. The quantitative estimate of drug-likeness (QED) is 0.886. The zero-order valence-electron chi connectivity index (χ0n) is 12.1. The van der Waals surface area contributed by atoms with Gasteiger partial charge < -0.3 is 5.32 Å². The van der Waals surface area contributed by atoms with Crippen LogP contribution in [-0.4, -0.2) is 30.6 Å². The van der Waals surface area contributed by atoms with Gasteiger partial charge in [0.2, 0.25) is 0 Å². The molecule has 1 aromatic carbocycles. The molecule has 1 saturated heterocycles. The summed E-state index contributed by atoms with van der Waals surface area (Å²) < 4.78 is 0. The smallest absolute Gasteiger partial charge is 0.0438 e. The maximum absolute atomic E-state index is 6.14. The molecule has 0 radical (unpaired) electrons. The van der Waals surface area contributed by atoms with Crippen LogP contribution in [0.25, 0.3) is 0 Å². The lowest BCUT2D eigenvalue weighted by Gasteiger charge is -2.32. The van der Waals surface area contributed by atoms with Crippen LogP contribution < -0.4 is 5.32 Å². The average Bonchev–Trinajstić information content (AvgIpc) is 2.43. The van der Waals surface area contributed by atoms with Gasteiger partial charge in [-0.15, -0.1) is 0 Å². The third-order valence-corrected chi connectivity index (χ3v) is 4.43. The lowest BCUT2D eigenvalue weighted by Crippen LogP contribution is -2.42. The van der Waals surface area contributed by atoms with Gasteiger partial charge in [0.15, 0.2) is 0 Å². The first kappa shape index (κ1) is 14.8. The van der Waals surface area contributed by atoms with E-state index < -0.39 is 0 Å². The summed E-state index contributed by atoms with van der Waals surface area (Å²) in [5.41, 5.74) is 2.41. The molecule has 3 heteroatoms. The van der Waals surface area contributed by atoms with Gasteiger partial charge in [-0.25, -0.2) is 0 Å². The number of hydrogen-bond donors (Lipinski definition) is 1. The molecule has 1 heterocycles. The number of halogens is 1. The molecule has 1 aliphatic heterocycles. The molecule has 1 atom stereocenters. The number of nitrogens with one attached hydrogen (secondary N) is 1. The largest absolute Gasteiger partial charge is 0.311 e. The normalized spacial score (nSPS) is 18.5. The predicted octanol–water partition coefficient (Wildman–Crippen LogP) is 3.61. The first-order valence-corrected chi connectivity index (χ1v) is 7.74. The Morgan fingerprint density at radius 3 is 2.68 bits per heavy atom. The number of piperidine rings is 1. The fraction of sp³-hybridized carbons (Fsp3) is 0.625. The van der Waals surface area contributed by atoms with Crippen molar-refractivity contribution in [2.24, 2.45) is 0 Å². The predicted molar refractivity (Wildman–Crippen MR) is 82.8 cm³/mol. The van der Waals surface area contributed by atoms with Crippen LogP contribution in [0.1, 0.15) is 37.3 Å². The summed E-state index contributed by atoms with van der Waals surface area (Å²) in [4.78, 5) is 2.60. The molecule has 0 saturated carbocycles. The maximum Gasteiger partial charge on any atom is 0.0438 e. The molecule has 0 spiro atoms. The molecular formula is C16H25ClN2. The average molecular weight is 281 g/mol. The van der Waals surface area contributed by atoms with Crippen LogP contribution in [-0.2, 0) is 6.54 Å². The molecule has 2 rings (SSSR count). The third-order valence-electron chi connectivity index (χ3n) is 4.02. The van der Waals surface area contributed by atoms with Gasteiger partial charge in [-0.05, 0) is 57.0 Å². The van der Waals surface area contributed by atoms with E-state index in [1.807, 2.05) is 6.92 Å². The minimum atomic E-state index is 0.626. The topological polar surface area (TPSA) is 15.3 Å². The molecule has 0 aliphatic carbocycles. The van der Waals surface area contributed by atoms with Crippen LogP contribution in [0.5, 0.6) is 0 Å². The number of hydrogen-bond acceptors (Lipinski definition) is 2. The second kappa shape index (κ2) is 7.28. The van der Waals surface area contributed by atoms with Crippen molar-refractivity contribution in [2.45, 2.75) is 45.7 Å². The lowest BCUT2D eigenvalue weighted by atomic mass is 10.1. The highest BCUT2D eigenvalue weighted by Crippen LogP contribution is 2.16. The molecule has 2 nitrogen and oxygen atoms in total. The van der Waals surface area contributed by atoms with Crippen molar-refractivity contribution in [3.63, 3.8) is 0 Å². The van der Waals surface area contributed by atoms with Crippen molar-refractivity contribution < 1.29 is 0 Å². The Morgan fingerprint density at radius 1 is 1.26 bits per heavy atom. The van der Waals surface area contributed by atoms with E-state index in [0.29, 0.717) is 6.04 Å². The summed E-state index contributed by atoms with van der Waals surface area (Å²) >= 11 is 6.14. The Morgan fingerprint density at radius 2 is 2.00 bits per heavy atom. The van der Waals surface area contributed by atoms with E-state index in [1.165, 1.54) is 37.9 Å². The monoisotopic (exact) mass is 280 g/mol. The molecule has 106 valence electrons. The second-order valence-corrected chi connectivity index (χ2v) is 6.07. The van der Waals surface area contributed by atoms with Gasteiger partial charge in [0.1, 0.15) is 0 Å². The van der Waals surface area contributed by atoms with Gasteiger partial charge in [-0.3, -0.25) is 4.90 Å². The molecule has 1 fully saturated rings. The van der Waals surface area contributed by atoms with Gasteiger partial charge in [0, 0.05) is 24.2 Å². The van der Waals surface area contributed by atoms with Crippen LogP contribution in [0.4, 0.5) is 0 Å². The molecule has 1 aliphatic rings. The van der Waals surface area contributed by atoms with Crippen molar-refractivity contribution in [2.75, 3.05) is 19.6 Å². The zero-order chi connectivity index (χ0) is 13.7. The van der Waals surface area contributed by atoms with E-state index in [0.717, 1.165) is 23.7 Å². The number of benzene rings is 1. The number of nitrogens with zero attached hydrogens (tertiary/aromatic N) is 1. The van der Waals surface area contributed by atoms with E-state index in [2.05, 4.69) is 35.3 Å². The first-order chi connectivity index (χ1) is 9.16. The summed E-state index contributed by atoms with van der Waals surface area (Å²) in [6, 6.07) is 6.93. The summed E-state index contributed by atoms with van der Waals surface area (Å²) in [5, 5.41) is 4.41. The van der Waals surface area contributed by atoms with E-state index in [-0.39, 0.29) is 0 Å². The molecule has 0 amide bonds. The Kier molecular flexibility index (Phi) is 5.68. The lowest BCUT2D eigenvalue weighted by molar-refractivity contribution is 0.170. The highest BCUT2D eigenvalue weighted by Gasteiger charge is 2.15. The zero-order valence-corrected chi connectivity index (χ0v) is 12.8. The summed E-state index contributed by atoms with van der Waals surface area (Å²) in [5.74, 6) is 0. The fourth-order valence-electron chi connectivity index (χ4n) is 2.66. The van der Waals surface area contributed by atoms with Crippen molar-refractivity contribution in [1.29, 1.82) is 0 Å². The Labute approximate surface area is 122 Å². The van der Waals surface area contributed by atoms with Crippen molar-refractivity contribution in [3.8, 4) is 0 Å². The van der Waals surface area contributed by atoms with Crippen LogP contribution in [0, 0.1) is 6.92 Å². The summed E-state index contributed by atoms with van der Waals surface area (Å²) in [6.45, 7) is 8.83. The second-order valence-electron chi connectivity index (χ2n) is 5.66. The molecular weight excluding hydrogens is 256 g/mol. The molecule has 1 aromatic rings.